The van der Waals surface area contributed by atoms with Gasteiger partial charge < -0.3 is 4.74 Å². The van der Waals surface area contributed by atoms with Crippen LogP contribution in [0.25, 0.3) is 0 Å². The zero-order valence-electron chi connectivity index (χ0n) is 12.7. The molecular formula is C16H19NO4. The average molecular weight is 289 g/mol. The van der Waals surface area contributed by atoms with E-state index in [1.807, 2.05) is 19.9 Å². The maximum atomic E-state index is 12.2. The first-order chi connectivity index (χ1) is 9.88. The van der Waals surface area contributed by atoms with E-state index in [0.29, 0.717) is 11.3 Å². The summed E-state index contributed by atoms with van der Waals surface area (Å²) in [5.74, 6) is -1.50. The fourth-order valence-corrected chi connectivity index (χ4v) is 2.39. The minimum Gasteiger partial charge on any atom is -0.464 e. The minimum atomic E-state index is -0.812. The molecule has 1 aliphatic heterocycles. The Hall–Kier alpha value is -2.17. The summed E-state index contributed by atoms with van der Waals surface area (Å²) in [6.07, 6.45) is 0. The van der Waals surface area contributed by atoms with Gasteiger partial charge >= 0.3 is 5.97 Å². The molecule has 112 valence electrons. The highest BCUT2D eigenvalue weighted by Crippen LogP contribution is 2.33. The third kappa shape index (κ3) is 2.55. The SMILES string of the molecule is CCOC(=O)C(C)N1C(=O)C(=O)c2cc(C(C)C)ccc21. The van der Waals surface area contributed by atoms with Crippen molar-refractivity contribution in [2.45, 2.75) is 39.7 Å². The topological polar surface area (TPSA) is 63.7 Å². The quantitative estimate of drug-likeness (QED) is 0.630. The van der Waals surface area contributed by atoms with Crippen LogP contribution in [0.3, 0.4) is 0 Å². The van der Waals surface area contributed by atoms with E-state index >= 15 is 0 Å². The lowest BCUT2D eigenvalue weighted by atomic mass is 9.99. The Balaban J connectivity index is 2.42. The molecule has 0 bridgehead atoms. The molecule has 1 aromatic carbocycles. The fraction of sp³-hybridized carbons (Fsp3) is 0.438. The number of esters is 1. The van der Waals surface area contributed by atoms with E-state index in [2.05, 4.69) is 0 Å². The summed E-state index contributed by atoms with van der Waals surface area (Å²) in [6.45, 7) is 7.53. The van der Waals surface area contributed by atoms with Gasteiger partial charge in [-0.05, 0) is 37.5 Å². The molecule has 0 aromatic heterocycles. The van der Waals surface area contributed by atoms with Crippen LogP contribution in [-0.2, 0) is 14.3 Å². The largest absolute Gasteiger partial charge is 0.464 e. The molecule has 2 rings (SSSR count). The lowest BCUT2D eigenvalue weighted by Crippen LogP contribution is -2.43. The first-order valence-electron chi connectivity index (χ1n) is 7.07. The number of carbonyl (C=O) groups excluding carboxylic acids is 3. The summed E-state index contributed by atoms with van der Waals surface area (Å²) in [6, 6.07) is 4.52. The number of rotatable bonds is 4. The predicted octanol–water partition coefficient (Wildman–Crippen LogP) is 2.29. The fourth-order valence-electron chi connectivity index (χ4n) is 2.39. The average Bonchev–Trinajstić information content (AvgIpc) is 2.70. The Morgan fingerprint density at radius 3 is 2.48 bits per heavy atom. The number of ether oxygens (including phenoxy) is 1. The summed E-state index contributed by atoms with van der Waals surface area (Å²) < 4.78 is 4.93. The first kappa shape index (κ1) is 15.2. The van der Waals surface area contributed by atoms with Crippen molar-refractivity contribution >= 4 is 23.3 Å². The number of Topliss-reactive ketones (excluding diaryl/α,β-unsaturated/α-hetero) is 1. The third-order valence-corrected chi connectivity index (χ3v) is 3.62. The van der Waals surface area contributed by atoms with Crippen molar-refractivity contribution < 1.29 is 19.1 Å². The van der Waals surface area contributed by atoms with E-state index in [1.165, 1.54) is 4.90 Å². The molecule has 1 atom stereocenters. The molecule has 0 fully saturated rings. The predicted molar refractivity (Wildman–Crippen MR) is 78.4 cm³/mol. The van der Waals surface area contributed by atoms with Crippen LogP contribution in [0, 0.1) is 0 Å². The zero-order chi connectivity index (χ0) is 15.7. The summed E-state index contributed by atoms with van der Waals surface area (Å²) in [5.41, 5.74) is 1.83. The van der Waals surface area contributed by atoms with E-state index in [9.17, 15) is 14.4 Å². The molecule has 1 heterocycles. The Morgan fingerprint density at radius 2 is 1.90 bits per heavy atom. The van der Waals surface area contributed by atoms with Crippen LogP contribution in [0.5, 0.6) is 0 Å². The Kier molecular flexibility index (Phi) is 4.11. The summed E-state index contributed by atoms with van der Waals surface area (Å²) in [5, 5.41) is 0. The number of amides is 1. The molecule has 1 aromatic rings. The van der Waals surface area contributed by atoms with Crippen LogP contribution in [0.2, 0.25) is 0 Å². The molecular weight excluding hydrogens is 270 g/mol. The van der Waals surface area contributed by atoms with E-state index in [0.717, 1.165) is 5.56 Å². The van der Waals surface area contributed by atoms with E-state index < -0.39 is 23.7 Å². The molecule has 5 heteroatoms. The molecule has 1 unspecified atom stereocenters. The molecule has 0 saturated carbocycles. The molecule has 21 heavy (non-hydrogen) atoms. The van der Waals surface area contributed by atoms with Gasteiger partial charge in [-0.15, -0.1) is 0 Å². The number of benzene rings is 1. The highest BCUT2D eigenvalue weighted by atomic mass is 16.5. The molecule has 0 spiro atoms. The normalized spacial score (nSPS) is 15.4. The number of hydrogen-bond donors (Lipinski definition) is 0. The van der Waals surface area contributed by atoms with Gasteiger partial charge in [0.15, 0.2) is 0 Å². The third-order valence-electron chi connectivity index (χ3n) is 3.62. The molecule has 0 aliphatic carbocycles. The molecule has 1 amide bonds. The maximum Gasteiger partial charge on any atom is 0.328 e. The van der Waals surface area contributed by atoms with E-state index in [1.54, 1.807) is 26.0 Å². The van der Waals surface area contributed by atoms with Crippen molar-refractivity contribution in [2.24, 2.45) is 0 Å². The smallest absolute Gasteiger partial charge is 0.328 e. The van der Waals surface area contributed by atoms with Crippen molar-refractivity contribution in [3.05, 3.63) is 29.3 Å². The standard InChI is InChI=1S/C16H19NO4/c1-5-21-16(20)10(4)17-13-7-6-11(9(2)3)8-12(13)14(18)15(17)19/h6-10H,5H2,1-4H3. The van der Waals surface area contributed by atoms with Crippen LogP contribution in [0.4, 0.5) is 5.69 Å². The van der Waals surface area contributed by atoms with Gasteiger partial charge in [0.25, 0.3) is 11.7 Å². The van der Waals surface area contributed by atoms with Crippen molar-refractivity contribution in [3.8, 4) is 0 Å². The van der Waals surface area contributed by atoms with Crippen LogP contribution in [0.1, 0.15) is 49.5 Å². The number of fused-ring (bicyclic) bond motifs is 1. The molecule has 0 saturated heterocycles. The summed E-state index contributed by atoms with van der Waals surface area (Å²) >= 11 is 0. The van der Waals surface area contributed by atoms with E-state index in [-0.39, 0.29) is 12.5 Å². The Bertz CT molecular complexity index is 606. The maximum absolute atomic E-state index is 12.2. The molecule has 5 nitrogen and oxygen atoms in total. The number of carbonyl (C=O) groups is 3. The van der Waals surface area contributed by atoms with Gasteiger partial charge in [-0.25, -0.2) is 4.79 Å². The Morgan fingerprint density at radius 1 is 1.24 bits per heavy atom. The van der Waals surface area contributed by atoms with Crippen LogP contribution >= 0.6 is 0 Å². The number of ketones is 1. The van der Waals surface area contributed by atoms with Gasteiger partial charge in [0.1, 0.15) is 6.04 Å². The van der Waals surface area contributed by atoms with E-state index in [4.69, 9.17) is 4.74 Å². The van der Waals surface area contributed by atoms with Gasteiger partial charge in [0, 0.05) is 0 Å². The molecule has 0 radical (unpaired) electrons. The first-order valence-corrected chi connectivity index (χ1v) is 7.07. The second kappa shape index (κ2) is 5.68. The molecule has 1 aliphatic rings. The van der Waals surface area contributed by atoms with Crippen LogP contribution in [0.15, 0.2) is 18.2 Å². The van der Waals surface area contributed by atoms with Gasteiger partial charge in [-0.3, -0.25) is 14.5 Å². The van der Waals surface area contributed by atoms with Gasteiger partial charge in [-0.2, -0.15) is 0 Å². The van der Waals surface area contributed by atoms with Crippen molar-refractivity contribution in [3.63, 3.8) is 0 Å². The zero-order valence-corrected chi connectivity index (χ0v) is 12.7. The molecule has 0 N–H and O–H groups in total. The van der Waals surface area contributed by atoms with Crippen molar-refractivity contribution in [1.82, 2.24) is 0 Å². The van der Waals surface area contributed by atoms with Gasteiger partial charge in [0.2, 0.25) is 0 Å². The minimum absolute atomic E-state index is 0.234. The van der Waals surface area contributed by atoms with Crippen LogP contribution in [-0.4, -0.2) is 30.3 Å². The second-order valence-electron chi connectivity index (χ2n) is 5.36. The van der Waals surface area contributed by atoms with Crippen molar-refractivity contribution in [2.75, 3.05) is 11.5 Å². The number of nitrogens with zero attached hydrogens (tertiary/aromatic N) is 1. The van der Waals surface area contributed by atoms with Crippen LogP contribution < -0.4 is 4.90 Å². The number of anilines is 1. The highest BCUT2D eigenvalue weighted by Gasteiger charge is 2.41. The summed E-state index contributed by atoms with van der Waals surface area (Å²) in [7, 11) is 0. The number of hydrogen-bond acceptors (Lipinski definition) is 4. The monoisotopic (exact) mass is 289 g/mol. The van der Waals surface area contributed by atoms with Gasteiger partial charge in [-0.1, -0.05) is 19.9 Å². The lowest BCUT2D eigenvalue weighted by Gasteiger charge is -2.23. The van der Waals surface area contributed by atoms with Gasteiger partial charge in [0.05, 0.1) is 17.9 Å². The lowest BCUT2D eigenvalue weighted by molar-refractivity contribution is -0.145. The Labute approximate surface area is 123 Å². The second-order valence-corrected chi connectivity index (χ2v) is 5.36. The summed E-state index contributed by atoms with van der Waals surface area (Å²) in [4.78, 5) is 37.3. The van der Waals surface area contributed by atoms with Crippen molar-refractivity contribution in [1.29, 1.82) is 0 Å². The highest BCUT2D eigenvalue weighted by molar-refractivity contribution is 6.52.